The van der Waals surface area contributed by atoms with Crippen molar-refractivity contribution >= 4 is 11.9 Å². The summed E-state index contributed by atoms with van der Waals surface area (Å²) in [6.07, 6.45) is 4.33. The van der Waals surface area contributed by atoms with E-state index in [-0.39, 0.29) is 18.2 Å². The second kappa shape index (κ2) is 9.21. The van der Waals surface area contributed by atoms with E-state index in [4.69, 9.17) is 9.15 Å². The number of carbonyl (C=O) groups is 2. The predicted octanol–water partition coefficient (Wildman–Crippen LogP) is 4.33. The topological polar surface area (TPSA) is 92.9 Å². The fraction of sp³-hybridized carbons (Fsp3) is 0.292. The first-order valence-electron chi connectivity index (χ1n) is 10.4. The van der Waals surface area contributed by atoms with E-state index in [0.29, 0.717) is 41.1 Å². The van der Waals surface area contributed by atoms with E-state index in [2.05, 4.69) is 4.98 Å². The molecule has 3 aromatic rings. The number of carbonyl (C=O) groups excluding carboxylic acids is 1. The zero-order chi connectivity index (χ0) is 22.7. The van der Waals surface area contributed by atoms with Gasteiger partial charge in [-0.25, -0.2) is 9.37 Å². The first-order chi connectivity index (χ1) is 15.5. The number of benzene rings is 2. The lowest BCUT2D eigenvalue weighted by molar-refractivity contribution is -0.137. The molecule has 1 atom stereocenters. The van der Waals surface area contributed by atoms with E-state index < -0.39 is 17.7 Å². The van der Waals surface area contributed by atoms with Crippen LogP contribution >= 0.6 is 0 Å². The van der Waals surface area contributed by atoms with Crippen molar-refractivity contribution < 1.29 is 28.2 Å². The van der Waals surface area contributed by atoms with Gasteiger partial charge >= 0.3 is 5.97 Å². The second-order valence-corrected chi connectivity index (χ2v) is 7.68. The van der Waals surface area contributed by atoms with E-state index in [0.717, 1.165) is 12.8 Å². The molecule has 32 heavy (non-hydrogen) atoms. The molecule has 2 heterocycles. The number of rotatable bonds is 7. The Hall–Kier alpha value is -3.68. The molecule has 1 saturated heterocycles. The van der Waals surface area contributed by atoms with Crippen molar-refractivity contribution in [3.05, 3.63) is 71.7 Å². The van der Waals surface area contributed by atoms with E-state index in [9.17, 15) is 19.1 Å². The van der Waals surface area contributed by atoms with Gasteiger partial charge in [-0.05, 0) is 54.3 Å². The number of aliphatic carboxylic acids is 1. The number of methoxy groups -OCH3 is 1. The average molecular weight is 438 g/mol. The van der Waals surface area contributed by atoms with Gasteiger partial charge in [0.2, 0.25) is 5.89 Å². The van der Waals surface area contributed by atoms with Gasteiger partial charge in [-0.2, -0.15) is 0 Å². The quantitative estimate of drug-likeness (QED) is 0.590. The molecule has 1 aromatic heterocycles. The van der Waals surface area contributed by atoms with Gasteiger partial charge < -0.3 is 19.2 Å². The monoisotopic (exact) mass is 438 g/mol. The Morgan fingerprint density at radius 1 is 1.25 bits per heavy atom. The highest BCUT2D eigenvalue weighted by atomic mass is 19.1. The lowest BCUT2D eigenvalue weighted by atomic mass is 9.90. The molecule has 0 spiro atoms. The second-order valence-electron chi connectivity index (χ2n) is 7.68. The van der Waals surface area contributed by atoms with Crippen LogP contribution in [0.4, 0.5) is 4.39 Å². The van der Waals surface area contributed by atoms with E-state index in [1.807, 2.05) is 0 Å². The number of amides is 1. The zero-order valence-corrected chi connectivity index (χ0v) is 17.6. The molecule has 2 aromatic carbocycles. The molecule has 1 aliphatic rings. The van der Waals surface area contributed by atoms with Gasteiger partial charge in [0.05, 0.1) is 31.2 Å². The molecule has 0 bridgehead atoms. The third-order valence-electron chi connectivity index (χ3n) is 5.61. The number of halogens is 1. The highest BCUT2D eigenvalue weighted by molar-refractivity contribution is 6.02. The molecule has 1 amide bonds. The zero-order valence-electron chi connectivity index (χ0n) is 17.6. The number of ether oxygens (including phenoxy) is 1. The average Bonchev–Trinajstić information content (AvgIpc) is 3.50. The van der Waals surface area contributed by atoms with Crippen LogP contribution in [0, 0.1) is 5.82 Å². The highest BCUT2D eigenvalue weighted by Gasteiger charge is 2.27. The largest absolute Gasteiger partial charge is 0.496 e. The summed E-state index contributed by atoms with van der Waals surface area (Å²) in [5.41, 5.74) is 1.68. The van der Waals surface area contributed by atoms with Crippen LogP contribution in [-0.2, 0) is 4.79 Å². The number of hydrogen-bond donors (Lipinski definition) is 1. The van der Waals surface area contributed by atoms with Crippen LogP contribution in [0.25, 0.3) is 11.1 Å². The van der Waals surface area contributed by atoms with Crippen molar-refractivity contribution in [2.75, 3.05) is 20.2 Å². The first kappa shape index (κ1) is 21.5. The molecule has 8 heteroatoms. The number of hydrogen-bond acceptors (Lipinski definition) is 5. The van der Waals surface area contributed by atoms with Crippen molar-refractivity contribution in [3.63, 3.8) is 0 Å². The van der Waals surface area contributed by atoms with E-state index >= 15 is 0 Å². The van der Waals surface area contributed by atoms with Gasteiger partial charge in [-0.1, -0.05) is 6.07 Å². The Morgan fingerprint density at radius 2 is 2.03 bits per heavy atom. The minimum atomic E-state index is -1.07. The summed E-state index contributed by atoms with van der Waals surface area (Å²) < 4.78 is 25.6. The van der Waals surface area contributed by atoms with Crippen molar-refractivity contribution in [2.24, 2.45) is 0 Å². The van der Waals surface area contributed by atoms with Gasteiger partial charge in [-0.3, -0.25) is 9.59 Å². The van der Waals surface area contributed by atoms with Gasteiger partial charge in [0.15, 0.2) is 0 Å². The predicted molar refractivity (Wildman–Crippen MR) is 114 cm³/mol. The van der Waals surface area contributed by atoms with Gasteiger partial charge in [-0.15, -0.1) is 0 Å². The molecule has 4 rings (SSSR count). The Labute approximate surface area is 184 Å². The maximum absolute atomic E-state index is 14.8. The van der Waals surface area contributed by atoms with Crippen molar-refractivity contribution in [3.8, 4) is 16.9 Å². The highest BCUT2D eigenvalue weighted by Crippen LogP contribution is 2.38. The van der Waals surface area contributed by atoms with E-state index in [1.165, 1.54) is 31.7 Å². The summed E-state index contributed by atoms with van der Waals surface area (Å²) in [5.74, 6) is -1.96. The van der Waals surface area contributed by atoms with Crippen molar-refractivity contribution in [1.82, 2.24) is 9.88 Å². The van der Waals surface area contributed by atoms with Crippen LogP contribution in [0.2, 0.25) is 0 Å². The van der Waals surface area contributed by atoms with Crippen LogP contribution in [0.1, 0.15) is 47.0 Å². The summed E-state index contributed by atoms with van der Waals surface area (Å²) >= 11 is 0. The number of nitrogens with zero attached hydrogens (tertiary/aromatic N) is 2. The SMILES string of the molecule is COc1cccc(C(=O)N2CCCC2)c1-c1cc(F)cc(C(CC(=O)O)c2ncco2)c1. The van der Waals surface area contributed by atoms with Crippen LogP contribution in [-0.4, -0.2) is 47.1 Å². The van der Waals surface area contributed by atoms with Crippen LogP contribution in [0.3, 0.4) is 0 Å². The fourth-order valence-corrected chi connectivity index (χ4v) is 4.15. The normalized spacial score (nSPS) is 14.4. The van der Waals surface area contributed by atoms with Crippen molar-refractivity contribution in [1.29, 1.82) is 0 Å². The summed E-state index contributed by atoms with van der Waals surface area (Å²) in [7, 11) is 1.49. The summed E-state index contributed by atoms with van der Waals surface area (Å²) in [6.45, 7) is 1.35. The Morgan fingerprint density at radius 3 is 2.69 bits per heavy atom. The smallest absolute Gasteiger partial charge is 0.304 e. The number of carboxylic acid groups (broad SMARTS) is 1. The van der Waals surface area contributed by atoms with Gasteiger partial charge in [0.25, 0.3) is 5.91 Å². The molecular weight excluding hydrogens is 415 g/mol. The lowest BCUT2D eigenvalue weighted by Gasteiger charge is -2.20. The Kier molecular flexibility index (Phi) is 6.20. The molecular formula is C24H23FN2O5. The third kappa shape index (κ3) is 4.34. The maximum Gasteiger partial charge on any atom is 0.304 e. The van der Waals surface area contributed by atoms with Gasteiger partial charge in [0.1, 0.15) is 17.8 Å². The summed E-state index contributed by atoms with van der Waals surface area (Å²) in [6, 6.07) is 9.38. The summed E-state index contributed by atoms with van der Waals surface area (Å²) in [5, 5.41) is 9.39. The number of carboxylic acids is 1. The molecule has 1 aliphatic heterocycles. The first-order valence-corrected chi connectivity index (χ1v) is 10.4. The number of aromatic nitrogens is 1. The number of oxazole rings is 1. The lowest BCUT2D eigenvalue weighted by Crippen LogP contribution is -2.28. The molecule has 166 valence electrons. The molecule has 1 N–H and O–H groups in total. The molecule has 1 fully saturated rings. The van der Waals surface area contributed by atoms with Crippen LogP contribution in [0.15, 0.2) is 53.3 Å². The summed E-state index contributed by atoms with van der Waals surface area (Å²) in [4.78, 5) is 30.5. The number of likely N-dealkylation sites (tertiary alicyclic amines) is 1. The standard InChI is InChI=1S/C24H23FN2O5/c1-31-20-6-4-5-18(24(30)27-8-2-3-9-27)22(20)16-11-15(12-17(25)13-16)19(14-21(28)29)23-26-7-10-32-23/h4-7,10-13,19H,2-3,8-9,14H2,1H3,(H,28,29). The van der Waals surface area contributed by atoms with Crippen LogP contribution in [0.5, 0.6) is 5.75 Å². The van der Waals surface area contributed by atoms with Crippen molar-refractivity contribution in [2.45, 2.75) is 25.2 Å². The Balaban J connectivity index is 1.85. The molecule has 0 saturated carbocycles. The molecule has 0 aliphatic carbocycles. The molecule has 7 nitrogen and oxygen atoms in total. The fourth-order valence-electron chi connectivity index (χ4n) is 4.15. The Bertz CT molecular complexity index is 1120. The van der Waals surface area contributed by atoms with E-state index in [1.54, 1.807) is 29.2 Å². The molecule has 1 unspecified atom stereocenters. The third-order valence-corrected chi connectivity index (χ3v) is 5.61. The molecule has 0 radical (unpaired) electrons. The minimum Gasteiger partial charge on any atom is -0.496 e. The maximum atomic E-state index is 14.8. The van der Waals surface area contributed by atoms with Crippen LogP contribution < -0.4 is 4.74 Å². The minimum absolute atomic E-state index is 0.142. The van der Waals surface area contributed by atoms with Gasteiger partial charge in [0, 0.05) is 18.7 Å².